The molecule has 2 unspecified atom stereocenters. The summed E-state index contributed by atoms with van der Waals surface area (Å²) in [5, 5.41) is 11.5. The maximum atomic E-state index is 9.01. The molecule has 4 nitrogen and oxygen atoms in total. The molecular weight excluding hydrogens is 645 g/mol. The highest BCUT2D eigenvalue weighted by Gasteiger charge is 2.54. The van der Waals surface area contributed by atoms with Crippen LogP contribution in [0.3, 0.4) is 0 Å². The van der Waals surface area contributed by atoms with E-state index in [0.29, 0.717) is 11.8 Å². The van der Waals surface area contributed by atoms with Crippen LogP contribution in [0, 0.1) is 10.8 Å². The third-order valence-corrected chi connectivity index (χ3v) is 11.7. The maximum absolute atomic E-state index is 9.01. The third-order valence-electron chi connectivity index (χ3n) is 11.7. The average molecular weight is 685 g/mol. The molecule has 0 saturated carbocycles. The summed E-state index contributed by atoms with van der Waals surface area (Å²) in [5.74, 6) is 0.936. The maximum Gasteiger partial charge on any atom is 0.163 e. The number of nitrogens with one attached hydrogen (secondary N) is 1. The molecule has 0 fully saturated rings. The van der Waals surface area contributed by atoms with Gasteiger partial charge < -0.3 is 0 Å². The lowest BCUT2D eigenvalue weighted by Crippen LogP contribution is -2.36. The monoisotopic (exact) mass is 684 g/mol. The van der Waals surface area contributed by atoms with E-state index in [9.17, 15) is 0 Å². The average Bonchev–Trinajstić information content (AvgIpc) is 3.61. The molecule has 2 atom stereocenters. The Hall–Kier alpha value is -6.39. The highest BCUT2D eigenvalue weighted by molar-refractivity contribution is 6.17. The van der Waals surface area contributed by atoms with Crippen molar-refractivity contribution in [2.24, 2.45) is 15.4 Å². The molecule has 4 heteroatoms. The number of hydrogen-bond acceptors (Lipinski definition) is 1. The van der Waals surface area contributed by atoms with Crippen LogP contribution < -0.4 is 0 Å². The Morgan fingerprint density at radius 1 is 0.642 bits per heavy atom. The molecular formula is C49H40N4. The van der Waals surface area contributed by atoms with Crippen LogP contribution in [0.1, 0.15) is 48.9 Å². The summed E-state index contributed by atoms with van der Waals surface area (Å²) in [6.07, 6.45) is 11.1. The van der Waals surface area contributed by atoms with E-state index in [1.54, 1.807) is 0 Å². The Bertz CT molecular complexity index is 2660. The number of aliphatic imine (C=N–C) groups is 2. The lowest BCUT2D eigenvalue weighted by Gasteiger charge is -2.41. The summed E-state index contributed by atoms with van der Waals surface area (Å²) in [5.41, 5.74) is 10.9. The zero-order chi connectivity index (χ0) is 36.2. The van der Waals surface area contributed by atoms with E-state index in [1.807, 2.05) is 67.0 Å². The Labute approximate surface area is 310 Å². The Kier molecular flexibility index (Phi) is 7.78. The predicted molar refractivity (Wildman–Crippen MR) is 223 cm³/mol. The number of nitrogens with zero attached hydrogens (tertiary/aromatic N) is 3. The lowest BCUT2D eigenvalue weighted by atomic mass is 9.62. The molecule has 0 radical (unpaired) electrons. The van der Waals surface area contributed by atoms with Gasteiger partial charge in [-0.3, -0.25) is 9.98 Å². The Balaban J connectivity index is 1.27. The molecule has 256 valence electrons. The second kappa shape index (κ2) is 12.7. The van der Waals surface area contributed by atoms with Gasteiger partial charge in [-0.05, 0) is 51.6 Å². The fourth-order valence-corrected chi connectivity index (χ4v) is 8.56. The van der Waals surface area contributed by atoms with Gasteiger partial charge in [-0.2, -0.15) is 0 Å². The topological polar surface area (TPSA) is 53.5 Å². The van der Waals surface area contributed by atoms with Crippen LogP contribution in [0.2, 0.25) is 0 Å². The van der Waals surface area contributed by atoms with E-state index in [0.717, 1.165) is 38.9 Å². The minimum absolute atomic E-state index is 0.0493. The van der Waals surface area contributed by atoms with Crippen LogP contribution in [0.4, 0.5) is 0 Å². The van der Waals surface area contributed by atoms with Crippen LogP contribution in [-0.2, 0) is 5.41 Å². The van der Waals surface area contributed by atoms with Crippen molar-refractivity contribution in [2.75, 3.05) is 0 Å². The number of benzene rings is 6. The quantitative estimate of drug-likeness (QED) is 0.139. The molecule has 0 bridgehead atoms. The first-order chi connectivity index (χ1) is 25.8. The molecule has 0 saturated heterocycles. The van der Waals surface area contributed by atoms with Gasteiger partial charge in [0.1, 0.15) is 6.34 Å². The van der Waals surface area contributed by atoms with Crippen molar-refractivity contribution in [3.05, 3.63) is 192 Å². The number of aromatic nitrogens is 1. The predicted octanol–water partition coefficient (Wildman–Crippen LogP) is 12.0. The van der Waals surface area contributed by atoms with Crippen molar-refractivity contribution in [1.29, 1.82) is 5.41 Å². The lowest BCUT2D eigenvalue weighted by molar-refractivity contribution is 0.246. The molecule has 6 aromatic carbocycles. The molecule has 1 N–H and O–H groups in total. The number of allylic oxidation sites excluding steroid dienone is 4. The minimum atomic E-state index is -0.128. The minimum Gasteiger partial charge on any atom is -0.300 e. The molecule has 2 aliphatic rings. The van der Waals surface area contributed by atoms with Crippen molar-refractivity contribution < 1.29 is 0 Å². The SMILES string of the molecule is CC1(C)c2c(ccc3c2c2ccc(-c4ccccc4)cc2n3C=NC(=NC(=N)c2ccccc2)c2cccc(-c3ccccc3)c2)C2C=CC=CC21C. The standard InChI is InChI=1S/C49H40N4/c1-48(2)45-39(41-24-13-14-29-49(41,48)3)27-28-42-44(45)40-26-25-37(34-18-9-5-10-19-34)31-43(40)53(42)32-51-47(52-46(50)35-20-11-6-12-21-35)38-23-15-22-36(30-38)33-16-7-4-8-17-33/h4-32,41,50H,1-3H3. The summed E-state index contributed by atoms with van der Waals surface area (Å²) in [4.78, 5) is 10.1. The first-order valence-electron chi connectivity index (χ1n) is 18.3. The van der Waals surface area contributed by atoms with Gasteiger partial charge in [0.2, 0.25) is 0 Å². The number of fused-ring (bicyclic) bond motifs is 7. The molecule has 0 amide bonds. The van der Waals surface area contributed by atoms with E-state index < -0.39 is 0 Å². The highest BCUT2D eigenvalue weighted by atomic mass is 15.1. The summed E-state index contributed by atoms with van der Waals surface area (Å²) < 4.78 is 2.23. The summed E-state index contributed by atoms with van der Waals surface area (Å²) in [6, 6.07) is 50.3. The van der Waals surface area contributed by atoms with Gasteiger partial charge in [-0.25, -0.2) is 9.98 Å². The summed E-state index contributed by atoms with van der Waals surface area (Å²) in [7, 11) is 0. The first kappa shape index (κ1) is 32.5. The summed E-state index contributed by atoms with van der Waals surface area (Å²) in [6.45, 7) is 7.22. The number of rotatable bonds is 5. The van der Waals surface area contributed by atoms with Gasteiger partial charge in [0.25, 0.3) is 0 Å². The van der Waals surface area contributed by atoms with Crippen LogP contribution in [0.15, 0.2) is 180 Å². The Morgan fingerprint density at radius 2 is 1.28 bits per heavy atom. The second-order valence-electron chi connectivity index (χ2n) is 14.9. The Morgan fingerprint density at radius 3 is 2.00 bits per heavy atom. The van der Waals surface area contributed by atoms with Gasteiger partial charge in [0.15, 0.2) is 11.7 Å². The van der Waals surface area contributed by atoms with Crippen molar-refractivity contribution >= 4 is 39.8 Å². The van der Waals surface area contributed by atoms with Gasteiger partial charge in [-0.1, -0.05) is 172 Å². The highest BCUT2D eigenvalue weighted by Crippen LogP contribution is 2.63. The van der Waals surface area contributed by atoms with Crippen molar-refractivity contribution in [3.63, 3.8) is 0 Å². The van der Waals surface area contributed by atoms with E-state index in [2.05, 4.69) is 135 Å². The van der Waals surface area contributed by atoms with E-state index >= 15 is 0 Å². The molecule has 1 heterocycles. The second-order valence-corrected chi connectivity index (χ2v) is 14.9. The van der Waals surface area contributed by atoms with Crippen LogP contribution in [-0.4, -0.2) is 22.6 Å². The fourth-order valence-electron chi connectivity index (χ4n) is 8.56. The van der Waals surface area contributed by atoms with Gasteiger partial charge in [0, 0.05) is 38.6 Å². The van der Waals surface area contributed by atoms with Crippen molar-refractivity contribution in [3.8, 4) is 22.3 Å². The number of amidine groups is 2. The summed E-state index contributed by atoms with van der Waals surface area (Å²) >= 11 is 0. The number of hydrogen-bond donors (Lipinski definition) is 1. The fraction of sp³-hybridized carbons (Fsp3) is 0.122. The molecule has 2 aliphatic carbocycles. The third kappa shape index (κ3) is 5.33. The molecule has 1 aromatic heterocycles. The molecule has 0 aliphatic heterocycles. The van der Waals surface area contributed by atoms with Crippen LogP contribution >= 0.6 is 0 Å². The normalized spacial score (nSPS) is 18.8. The smallest absolute Gasteiger partial charge is 0.163 e. The zero-order valence-electron chi connectivity index (χ0n) is 30.2. The first-order valence-corrected chi connectivity index (χ1v) is 18.3. The van der Waals surface area contributed by atoms with Gasteiger partial charge >= 0.3 is 0 Å². The van der Waals surface area contributed by atoms with E-state index in [4.69, 9.17) is 15.4 Å². The van der Waals surface area contributed by atoms with E-state index in [-0.39, 0.29) is 16.7 Å². The molecule has 0 spiro atoms. The van der Waals surface area contributed by atoms with Crippen molar-refractivity contribution in [2.45, 2.75) is 32.1 Å². The van der Waals surface area contributed by atoms with Crippen LogP contribution in [0.25, 0.3) is 44.1 Å². The zero-order valence-corrected chi connectivity index (χ0v) is 30.2. The van der Waals surface area contributed by atoms with Gasteiger partial charge in [-0.15, -0.1) is 0 Å². The molecule has 53 heavy (non-hydrogen) atoms. The van der Waals surface area contributed by atoms with Crippen LogP contribution in [0.5, 0.6) is 0 Å². The molecule has 7 aromatic rings. The van der Waals surface area contributed by atoms with Crippen molar-refractivity contribution in [1.82, 2.24) is 4.57 Å². The largest absolute Gasteiger partial charge is 0.300 e. The van der Waals surface area contributed by atoms with Gasteiger partial charge in [0.05, 0.1) is 11.0 Å². The van der Waals surface area contributed by atoms with E-state index in [1.165, 1.54) is 27.5 Å². The molecule has 9 rings (SSSR count).